The van der Waals surface area contributed by atoms with E-state index in [1.165, 1.54) is 24.1 Å². The molecular weight excluding hydrogens is 260 g/mol. The summed E-state index contributed by atoms with van der Waals surface area (Å²) in [6.45, 7) is 10.1. The summed E-state index contributed by atoms with van der Waals surface area (Å²) in [6, 6.07) is 9.19. The maximum atomic E-state index is 4.69. The van der Waals surface area contributed by atoms with Gasteiger partial charge in [-0.05, 0) is 45.2 Å². The van der Waals surface area contributed by atoms with E-state index < -0.39 is 0 Å². The molecular formula is C17H28N4. The van der Waals surface area contributed by atoms with E-state index >= 15 is 0 Å². The SMILES string of the molecule is CCNC(=NCCN(CC)c1ccccc1C)NC1CC1. The van der Waals surface area contributed by atoms with Crippen LogP contribution in [0.5, 0.6) is 0 Å². The van der Waals surface area contributed by atoms with E-state index in [1.54, 1.807) is 0 Å². The number of hydrogen-bond donors (Lipinski definition) is 2. The highest BCUT2D eigenvalue weighted by atomic mass is 15.2. The van der Waals surface area contributed by atoms with Crippen LogP contribution in [0.15, 0.2) is 29.3 Å². The molecule has 1 aliphatic rings. The minimum absolute atomic E-state index is 0.640. The van der Waals surface area contributed by atoms with Crippen LogP contribution in [0, 0.1) is 6.92 Å². The quantitative estimate of drug-likeness (QED) is 0.598. The zero-order valence-corrected chi connectivity index (χ0v) is 13.5. The van der Waals surface area contributed by atoms with Gasteiger partial charge in [-0.25, -0.2) is 0 Å². The van der Waals surface area contributed by atoms with Crippen LogP contribution in [-0.2, 0) is 0 Å². The number of benzene rings is 1. The third-order valence-electron chi connectivity index (χ3n) is 3.74. The van der Waals surface area contributed by atoms with Gasteiger partial charge < -0.3 is 15.5 Å². The zero-order valence-electron chi connectivity index (χ0n) is 13.5. The van der Waals surface area contributed by atoms with E-state index in [2.05, 4.69) is 65.6 Å². The molecule has 116 valence electrons. The highest BCUT2D eigenvalue weighted by Gasteiger charge is 2.22. The number of hydrogen-bond acceptors (Lipinski definition) is 2. The molecule has 4 heteroatoms. The molecule has 4 nitrogen and oxygen atoms in total. The molecule has 0 amide bonds. The van der Waals surface area contributed by atoms with Crippen molar-refractivity contribution < 1.29 is 0 Å². The molecule has 0 spiro atoms. The standard InChI is InChI=1S/C17H28N4/c1-4-18-17(20-15-10-11-15)19-12-13-21(5-2)16-9-7-6-8-14(16)3/h6-9,15H,4-5,10-13H2,1-3H3,(H2,18,19,20). The van der Waals surface area contributed by atoms with Crippen LogP contribution < -0.4 is 15.5 Å². The lowest BCUT2D eigenvalue weighted by molar-refractivity contribution is 0.781. The van der Waals surface area contributed by atoms with E-state index in [0.717, 1.165) is 32.1 Å². The van der Waals surface area contributed by atoms with Crippen LogP contribution in [0.1, 0.15) is 32.3 Å². The number of para-hydroxylation sites is 1. The number of guanidine groups is 1. The Kier molecular flexibility index (Phi) is 5.90. The first-order valence-electron chi connectivity index (χ1n) is 8.10. The van der Waals surface area contributed by atoms with Gasteiger partial charge in [0, 0.05) is 31.4 Å². The molecule has 2 N–H and O–H groups in total. The minimum atomic E-state index is 0.640. The first kappa shape index (κ1) is 15.7. The lowest BCUT2D eigenvalue weighted by Gasteiger charge is -2.24. The van der Waals surface area contributed by atoms with E-state index in [4.69, 9.17) is 0 Å². The van der Waals surface area contributed by atoms with Gasteiger partial charge in [-0.3, -0.25) is 4.99 Å². The number of aryl methyl sites for hydroxylation is 1. The molecule has 1 aromatic rings. The van der Waals surface area contributed by atoms with Crippen molar-refractivity contribution >= 4 is 11.6 Å². The maximum Gasteiger partial charge on any atom is 0.191 e. The molecule has 21 heavy (non-hydrogen) atoms. The van der Waals surface area contributed by atoms with Gasteiger partial charge in [0.15, 0.2) is 5.96 Å². The summed E-state index contributed by atoms with van der Waals surface area (Å²) < 4.78 is 0. The van der Waals surface area contributed by atoms with Gasteiger partial charge in [0.25, 0.3) is 0 Å². The van der Waals surface area contributed by atoms with Crippen molar-refractivity contribution in [3.8, 4) is 0 Å². The fourth-order valence-corrected chi connectivity index (χ4v) is 2.39. The predicted molar refractivity (Wildman–Crippen MR) is 91.2 cm³/mol. The average Bonchev–Trinajstić information content (AvgIpc) is 3.29. The van der Waals surface area contributed by atoms with Crippen molar-refractivity contribution in [2.45, 2.75) is 39.7 Å². The Morgan fingerprint density at radius 2 is 2.05 bits per heavy atom. The molecule has 0 aromatic heterocycles. The van der Waals surface area contributed by atoms with Crippen LogP contribution >= 0.6 is 0 Å². The van der Waals surface area contributed by atoms with Crippen molar-refractivity contribution in [1.82, 2.24) is 10.6 Å². The lowest BCUT2D eigenvalue weighted by Crippen LogP contribution is -2.39. The summed E-state index contributed by atoms with van der Waals surface area (Å²) >= 11 is 0. The van der Waals surface area contributed by atoms with Gasteiger partial charge in [-0.1, -0.05) is 18.2 Å². The topological polar surface area (TPSA) is 39.7 Å². The van der Waals surface area contributed by atoms with Crippen molar-refractivity contribution in [1.29, 1.82) is 0 Å². The first-order valence-corrected chi connectivity index (χ1v) is 8.10. The molecule has 1 aliphatic carbocycles. The van der Waals surface area contributed by atoms with Crippen molar-refractivity contribution in [2.75, 3.05) is 31.1 Å². The molecule has 2 rings (SSSR count). The molecule has 1 saturated carbocycles. The maximum absolute atomic E-state index is 4.69. The van der Waals surface area contributed by atoms with Gasteiger partial charge in [-0.15, -0.1) is 0 Å². The summed E-state index contributed by atoms with van der Waals surface area (Å²) in [5.41, 5.74) is 2.64. The van der Waals surface area contributed by atoms with Gasteiger partial charge in [-0.2, -0.15) is 0 Å². The normalized spacial score (nSPS) is 14.9. The van der Waals surface area contributed by atoms with Gasteiger partial charge in [0.1, 0.15) is 0 Å². The Hall–Kier alpha value is -1.71. The number of nitrogens with one attached hydrogen (secondary N) is 2. The smallest absolute Gasteiger partial charge is 0.191 e. The molecule has 0 bridgehead atoms. The Morgan fingerprint density at radius 3 is 2.67 bits per heavy atom. The molecule has 0 aliphatic heterocycles. The predicted octanol–water partition coefficient (Wildman–Crippen LogP) is 2.54. The molecule has 1 fully saturated rings. The van der Waals surface area contributed by atoms with Gasteiger partial charge >= 0.3 is 0 Å². The number of anilines is 1. The second-order valence-corrected chi connectivity index (χ2v) is 5.55. The second-order valence-electron chi connectivity index (χ2n) is 5.55. The Morgan fingerprint density at radius 1 is 1.29 bits per heavy atom. The number of aliphatic imine (C=N–C) groups is 1. The van der Waals surface area contributed by atoms with E-state index in [-0.39, 0.29) is 0 Å². The van der Waals surface area contributed by atoms with Crippen molar-refractivity contribution in [3.63, 3.8) is 0 Å². The van der Waals surface area contributed by atoms with Crippen molar-refractivity contribution in [2.24, 2.45) is 4.99 Å². The van der Waals surface area contributed by atoms with Crippen LogP contribution in [0.3, 0.4) is 0 Å². The molecule has 0 unspecified atom stereocenters. The number of rotatable bonds is 7. The second kappa shape index (κ2) is 7.91. The Bertz CT molecular complexity index is 466. The monoisotopic (exact) mass is 288 g/mol. The van der Waals surface area contributed by atoms with Crippen molar-refractivity contribution in [3.05, 3.63) is 29.8 Å². The lowest BCUT2D eigenvalue weighted by atomic mass is 10.2. The molecule has 0 heterocycles. The molecule has 0 saturated heterocycles. The summed E-state index contributed by atoms with van der Waals surface area (Å²) in [5, 5.41) is 6.77. The highest BCUT2D eigenvalue weighted by molar-refractivity contribution is 5.80. The van der Waals surface area contributed by atoms with Crippen LogP contribution in [-0.4, -0.2) is 38.2 Å². The Labute approximate surface area is 128 Å². The molecule has 1 aromatic carbocycles. The Balaban J connectivity index is 1.90. The molecule has 0 atom stereocenters. The average molecular weight is 288 g/mol. The van der Waals surface area contributed by atoms with E-state index in [0.29, 0.717) is 6.04 Å². The van der Waals surface area contributed by atoms with Gasteiger partial charge in [0.2, 0.25) is 0 Å². The highest BCUT2D eigenvalue weighted by Crippen LogP contribution is 2.19. The third kappa shape index (κ3) is 4.96. The zero-order chi connectivity index (χ0) is 15.1. The molecule has 0 radical (unpaired) electrons. The van der Waals surface area contributed by atoms with Gasteiger partial charge in [0.05, 0.1) is 6.54 Å². The van der Waals surface area contributed by atoms with Crippen LogP contribution in [0.4, 0.5) is 5.69 Å². The van der Waals surface area contributed by atoms with E-state index in [9.17, 15) is 0 Å². The van der Waals surface area contributed by atoms with Crippen LogP contribution in [0.2, 0.25) is 0 Å². The van der Waals surface area contributed by atoms with E-state index in [1.807, 2.05) is 0 Å². The largest absolute Gasteiger partial charge is 0.370 e. The minimum Gasteiger partial charge on any atom is -0.370 e. The summed E-state index contributed by atoms with van der Waals surface area (Å²) in [6.07, 6.45) is 2.55. The fourth-order valence-electron chi connectivity index (χ4n) is 2.39. The number of nitrogens with zero attached hydrogens (tertiary/aromatic N) is 2. The first-order chi connectivity index (χ1) is 10.2. The number of likely N-dealkylation sites (N-methyl/N-ethyl adjacent to an activating group) is 1. The van der Waals surface area contributed by atoms with Crippen LogP contribution in [0.25, 0.3) is 0 Å². The fraction of sp³-hybridized carbons (Fsp3) is 0.588. The summed E-state index contributed by atoms with van der Waals surface area (Å²) in [4.78, 5) is 7.08. The summed E-state index contributed by atoms with van der Waals surface area (Å²) in [7, 11) is 0. The summed E-state index contributed by atoms with van der Waals surface area (Å²) in [5.74, 6) is 0.959. The third-order valence-corrected chi connectivity index (χ3v) is 3.74.